The summed E-state index contributed by atoms with van der Waals surface area (Å²) in [6.45, 7) is 3.77. The van der Waals surface area contributed by atoms with Gasteiger partial charge in [0.2, 0.25) is 5.91 Å². The van der Waals surface area contributed by atoms with E-state index in [9.17, 15) is 4.79 Å². The van der Waals surface area contributed by atoms with Crippen LogP contribution in [0.25, 0.3) is 0 Å². The average Bonchev–Trinajstić information content (AvgIpc) is 2.85. The van der Waals surface area contributed by atoms with Gasteiger partial charge in [0.1, 0.15) is 0 Å². The highest BCUT2D eigenvalue weighted by atomic mass is 16.2. The maximum Gasteiger partial charge on any atom is 0.237 e. The third-order valence-corrected chi connectivity index (χ3v) is 3.21. The summed E-state index contributed by atoms with van der Waals surface area (Å²) < 4.78 is 0. The molecule has 17 heavy (non-hydrogen) atoms. The third kappa shape index (κ3) is 3.56. The van der Waals surface area contributed by atoms with Crippen molar-refractivity contribution in [1.29, 1.82) is 0 Å². The molecule has 0 aromatic heterocycles. The van der Waals surface area contributed by atoms with Crippen LogP contribution in [0.15, 0.2) is 24.3 Å². The summed E-state index contributed by atoms with van der Waals surface area (Å²) in [7, 11) is 0. The monoisotopic (exact) mass is 232 g/mol. The Morgan fingerprint density at radius 2 is 2.18 bits per heavy atom. The Labute approximate surface area is 103 Å². The van der Waals surface area contributed by atoms with E-state index in [4.69, 9.17) is 0 Å². The zero-order chi connectivity index (χ0) is 12.1. The van der Waals surface area contributed by atoms with Gasteiger partial charge < -0.3 is 10.6 Å². The lowest BCUT2D eigenvalue weighted by Gasteiger charge is -2.10. The molecule has 1 saturated heterocycles. The van der Waals surface area contributed by atoms with Crippen LogP contribution in [0.1, 0.15) is 24.0 Å². The van der Waals surface area contributed by atoms with Crippen molar-refractivity contribution in [3.05, 3.63) is 35.4 Å². The van der Waals surface area contributed by atoms with Gasteiger partial charge in [0.25, 0.3) is 0 Å². The van der Waals surface area contributed by atoms with Crippen molar-refractivity contribution in [3.63, 3.8) is 0 Å². The molecule has 3 nitrogen and oxygen atoms in total. The first kappa shape index (κ1) is 12.1. The number of aryl methyl sites for hydroxylation is 1. The number of amides is 1. The fourth-order valence-electron chi connectivity index (χ4n) is 2.12. The maximum atomic E-state index is 11.7. The van der Waals surface area contributed by atoms with E-state index in [0.29, 0.717) is 0 Å². The minimum absolute atomic E-state index is 0.0352. The summed E-state index contributed by atoms with van der Waals surface area (Å²) in [5.41, 5.74) is 2.54. The van der Waals surface area contributed by atoms with Gasteiger partial charge in [-0.1, -0.05) is 29.8 Å². The van der Waals surface area contributed by atoms with Gasteiger partial charge in [0.15, 0.2) is 0 Å². The standard InChI is InChI=1S/C14H20N2O/c1-11-4-6-12(7-5-11)8-10-16-14(17)13-3-2-9-15-13/h4-7,13,15H,2-3,8-10H2,1H3,(H,16,17). The molecule has 3 heteroatoms. The van der Waals surface area contributed by atoms with Crippen molar-refractivity contribution in [2.75, 3.05) is 13.1 Å². The molecule has 1 unspecified atom stereocenters. The van der Waals surface area contributed by atoms with Crippen LogP contribution in [0.3, 0.4) is 0 Å². The molecule has 0 spiro atoms. The largest absolute Gasteiger partial charge is 0.354 e. The van der Waals surface area contributed by atoms with Crippen LogP contribution in [0.4, 0.5) is 0 Å². The molecule has 2 N–H and O–H groups in total. The van der Waals surface area contributed by atoms with Crippen molar-refractivity contribution >= 4 is 5.91 Å². The number of carbonyl (C=O) groups is 1. The van der Waals surface area contributed by atoms with E-state index in [2.05, 4.69) is 41.8 Å². The molecule has 1 heterocycles. The Hall–Kier alpha value is -1.35. The highest BCUT2D eigenvalue weighted by Crippen LogP contribution is 2.05. The Morgan fingerprint density at radius 1 is 1.41 bits per heavy atom. The molecule has 0 radical (unpaired) electrons. The van der Waals surface area contributed by atoms with Crippen LogP contribution in [-0.2, 0) is 11.2 Å². The number of hydrogen-bond donors (Lipinski definition) is 2. The first-order chi connectivity index (χ1) is 8.25. The molecule has 1 aliphatic heterocycles. The summed E-state index contributed by atoms with van der Waals surface area (Å²) in [6.07, 6.45) is 2.98. The lowest BCUT2D eigenvalue weighted by molar-refractivity contribution is -0.122. The molecular weight excluding hydrogens is 212 g/mol. The van der Waals surface area contributed by atoms with E-state index in [1.165, 1.54) is 11.1 Å². The number of carbonyl (C=O) groups excluding carboxylic acids is 1. The second kappa shape index (κ2) is 5.82. The Balaban J connectivity index is 1.72. The van der Waals surface area contributed by atoms with Gasteiger partial charge in [-0.2, -0.15) is 0 Å². The summed E-state index contributed by atoms with van der Waals surface area (Å²) in [5.74, 6) is 0.148. The SMILES string of the molecule is Cc1ccc(CCNC(=O)C2CCCN2)cc1. The minimum Gasteiger partial charge on any atom is -0.354 e. The smallest absolute Gasteiger partial charge is 0.237 e. The predicted molar refractivity (Wildman–Crippen MR) is 68.9 cm³/mol. The summed E-state index contributed by atoms with van der Waals surface area (Å²) in [4.78, 5) is 11.7. The molecule has 1 fully saturated rings. The fraction of sp³-hybridized carbons (Fsp3) is 0.500. The van der Waals surface area contributed by atoms with Crippen LogP contribution in [0, 0.1) is 6.92 Å². The van der Waals surface area contributed by atoms with Crippen molar-refractivity contribution < 1.29 is 4.79 Å². The Kier molecular flexibility index (Phi) is 4.15. The molecule has 1 atom stereocenters. The average molecular weight is 232 g/mol. The molecule has 1 aromatic carbocycles. The third-order valence-electron chi connectivity index (χ3n) is 3.21. The van der Waals surface area contributed by atoms with Crippen molar-refractivity contribution in [2.24, 2.45) is 0 Å². The van der Waals surface area contributed by atoms with Crippen LogP contribution in [-0.4, -0.2) is 25.0 Å². The van der Waals surface area contributed by atoms with Crippen LogP contribution in [0.2, 0.25) is 0 Å². The highest BCUT2D eigenvalue weighted by molar-refractivity contribution is 5.81. The lowest BCUT2D eigenvalue weighted by Crippen LogP contribution is -2.41. The predicted octanol–water partition coefficient (Wildman–Crippen LogP) is 1.41. The van der Waals surface area contributed by atoms with Gasteiger partial charge in [-0.15, -0.1) is 0 Å². The molecular formula is C14H20N2O. The Bertz CT molecular complexity index is 366. The van der Waals surface area contributed by atoms with Crippen molar-refractivity contribution in [3.8, 4) is 0 Å². The molecule has 0 saturated carbocycles. The van der Waals surface area contributed by atoms with Crippen molar-refractivity contribution in [1.82, 2.24) is 10.6 Å². The zero-order valence-corrected chi connectivity index (χ0v) is 10.3. The molecule has 1 amide bonds. The van der Waals surface area contributed by atoms with Crippen LogP contribution in [0.5, 0.6) is 0 Å². The summed E-state index contributed by atoms with van der Waals surface area (Å²) in [6, 6.07) is 8.49. The second-order valence-corrected chi connectivity index (χ2v) is 4.68. The van der Waals surface area contributed by atoms with Gasteiger partial charge >= 0.3 is 0 Å². The van der Waals surface area contributed by atoms with Gasteiger partial charge in [-0.05, 0) is 38.3 Å². The van der Waals surface area contributed by atoms with Crippen LogP contribution < -0.4 is 10.6 Å². The van der Waals surface area contributed by atoms with E-state index in [0.717, 1.165) is 32.4 Å². The number of hydrogen-bond acceptors (Lipinski definition) is 2. The zero-order valence-electron chi connectivity index (χ0n) is 10.3. The molecule has 1 aromatic rings. The highest BCUT2D eigenvalue weighted by Gasteiger charge is 2.20. The quantitative estimate of drug-likeness (QED) is 0.824. The number of benzene rings is 1. The van der Waals surface area contributed by atoms with E-state index < -0.39 is 0 Å². The van der Waals surface area contributed by atoms with E-state index in [1.54, 1.807) is 0 Å². The lowest BCUT2D eigenvalue weighted by atomic mass is 10.1. The fourth-order valence-corrected chi connectivity index (χ4v) is 2.12. The second-order valence-electron chi connectivity index (χ2n) is 4.68. The maximum absolute atomic E-state index is 11.7. The molecule has 92 valence electrons. The molecule has 0 aliphatic carbocycles. The Morgan fingerprint density at radius 3 is 2.82 bits per heavy atom. The minimum atomic E-state index is 0.0352. The summed E-state index contributed by atoms with van der Waals surface area (Å²) >= 11 is 0. The first-order valence-corrected chi connectivity index (χ1v) is 6.32. The normalized spacial score (nSPS) is 19.2. The molecule has 1 aliphatic rings. The van der Waals surface area contributed by atoms with Crippen molar-refractivity contribution in [2.45, 2.75) is 32.2 Å². The van der Waals surface area contributed by atoms with E-state index >= 15 is 0 Å². The molecule has 2 rings (SSSR count). The first-order valence-electron chi connectivity index (χ1n) is 6.32. The van der Waals surface area contributed by atoms with Crippen LogP contribution >= 0.6 is 0 Å². The number of rotatable bonds is 4. The van der Waals surface area contributed by atoms with Gasteiger partial charge in [-0.3, -0.25) is 4.79 Å². The number of nitrogens with one attached hydrogen (secondary N) is 2. The van der Waals surface area contributed by atoms with Gasteiger partial charge in [0, 0.05) is 6.54 Å². The topological polar surface area (TPSA) is 41.1 Å². The van der Waals surface area contributed by atoms with E-state index in [1.807, 2.05) is 0 Å². The van der Waals surface area contributed by atoms with E-state index in [-0.39, 0.29) is 11.9 Å². The van der Waals surface area contributed by atoms with Gasteiger partial charge in [0.05, 0.1) is 6.04 Å². The van der Waals surface area contributed by atoms with Gasteiger partial charge in [-0.25, -0.2) is 0 Å². The summed E-state index contributed by atoms with van der Waals surface area (Å²) in [5, 5.41) is 6.19. The molecule has 0 bridgehead atoms.